The monoisotopic (exact) mass is 398 g/mol. The van der Waals surface area contributed by atoms with Gasteiger partial charge < -0.3 is 19.3 Å². The minimum Gasteiger partial charge on any atom is -0.456 e. The molecule has 0 atom stereocenters. The normalized spacial score (nSPS) is 15.6. The highest BCUT2D eigenvalue weighted by Crippen LogP contribution is 2.47. The Bertz CT molecular complexity index is 821. The third kappa shape index (κ3) is 4.15. The van der Waals surface area contributed by atoms with Crippen molar-refractivity contribution in [3.05, 3.63) is 48.5 Å². The number of hydrogen-bond acceptors (Lipinski definition) is 6. The molecule has 2 heterocycles. The van der Waals surface area contributed by atoms with Crippen LogP contribution in [0.3, 0.4) is 0 Å². The first-order chi connectivity index (χ1) is 13.7. The van der Waals surface area contributed by atoms with Crippen LogP contribution in [0.4, 0.5) is 11.4 Å². The summed E-state index contributed by atoms with van der Waals surface area (Å²) in [4.78, 5) is 30.5. The van der Waals surface area contributed by atoms with Crippen LogP contribution >= 0.6 is 11.8 Å². The van der Waals surface area contributed by atoms with Crippen molar-refractivity contribution in [3.8, 4) is 0 Å². The van der Waals surface area contributed by atoms with Crippen molar-refractivity contribution < 1.29 is 19.1 Å². The Kier molecular flexibility index (Phi) is 5.83. The highest BCUT2D eigenvalue weighted by Gasteiger charge is 2.24. The van der Waals surface area contributed by atoms with Crippen molar-refractivity contribution in [2.24, 2.45) is 0 Å². The molecule has 7 heteroatoms. The molecule has 1 saturated heterocycles. The van der Waals surface area contributed by atoms with Crippen LogP contribution < -0.4 is 4.90 Å². The molecule has 0 aromatic heterocycles. The second-order valence-electron chi connectivity index (χ2n) is 6.59. The highest BCUT2D eigenvalue weighted by atomic mass is 32.2. The summed E-state index contributed by atoms with van der Waals surface area (Å²) in [5.74, 6) is -0.531. The van der Waals surface area contributed by atoms with Gasteiger partial charge in [-0.2, -0.15) is 0 Å². The van der Waals surface area contributed by atoms with Crippen molar-refractivity contribution in [2.75, 3.05) is 44.4 Å². The molecule has 6 nitrogen and oxygen atoms in total. The molecule has 4 rings (SSSR count). The molecule has 0 unspecified atom stereocenters. The summed E-state index contributed by atoms with van der Waals surface area (Å²) in [7, 11) is 0. The summed E-state index contributed by atoms with van der Waals surface area (Å²) in [5.41, 5.74) is 2.17. The fraction of sp³-hybridized carbons (Fsp3) is 0.333. The van der Waals surface area contributed by atoms with Crippen molar-refractivity contribution in [2.45, 2.75) is 16.2 Å². The van der Waals surface area contributed by atoms with Gasteiger partial charge in [0, 0.05) is 29.4 Å². The molecule has 2 aliphatic rings. The quantitative estimate of drug-likeness (QED) is 0.722. The molecule has 1 fully saturated rings. The molecule has 146 valence electrons. The van der Waals surface area contributed by atoms with Crippen LogP contribution in [0.2, 0.25) is 0 Å². The zero-order valence-corrected chi connectivity index (χ0v) is 16.3. The Balaban J connectivity index is 1.37. The highest BCUT2D eigenvalue weighted by molar-refractivity contribution is 7.99. The number of amides is 1. The van der Waals surface area contributed by atoms with Crippen LogP contribution in [-0.4, -0.2) is 56.2 Å². The molecular formula is C21H22N2O4S. The Morgan fingerprint density at radius 1 is 0.964 bits per heavy atom. The molecule has 0 spiro atoms. The van der Waals surface area contributed by atoms with Gasteiger partial charge in [-0.25, -0.2) is 0 Å². The number of carbonyl (C=O) groups is 2. The van der Waals surface area contributed by atoms with E-state index in [0.717, 1.165) is 21.2 Å². The number of esters is 1. The van der Waals surface area contributed by atoms with Crippen LogP contribution in [0.25, 0.3) is 0 Å². The van der Waals surface area contributed by atoms with Gasteiger partial charge >= 0.3 is 5.97 Å². The third-order valence-electron chi connectivity index (χ3n) is 4.79. The summed E-state index contributed by atoms with van der Waals surface area (Å²) in [6.07, 6.45) is 0.212. The minimum absolute atomic E-state index is 0.165. The number of carbonyl (C=O) groups excluding carboxylic acids is 2. The smallest absolute Gasteiger partial charge is 0.308 e. The zero-order valence-electron chi connectivity index (χ0n) is 15.5. The first kappa shape index (κ1) is 18.8. The van der Waals surface area contributed by atoms with Crippen LogP contribution in [0.15, 0.2) is 58.3 Å². The van der Waals surface area contributed by atoms with Crippen LogP contribution in [-0.2, 0) is 19.1 Å². The molecule has 0 bridgehead atoms. The number of benzene rings is 2. The van der Waals surface area contributed by atoms with E-state index in [1.165, 1.54) is 0 Å². The molecule has 0 saturated carbocycles. The lowest BCUT2D eigenvalue weighted by atomic mass is 10.2. The summed E-state index contributed by atoms with van der Waals surface area (Å²) in [6.45, 7) is 2.46. The predicted molar refractivity (Wildman–Crippen MR) is 107 cm³/mol. The topological polar surface area (TPSA) is 59.1 Å². The lowest BCUT2D eigenvalue weighted by Crippen LogP contribution is -2.42. The van der Waals surface area contributed by atoms with Gasteiger partial charge in [-0.05, 0) is 24.3 Å². The summed E-state index contributed by atoms with van der Waals surface area (Å²) < 4.78 is 10.5. The number of para-hydroxylation sites is 2. The maximum absolute atomic E-state index is 12.2. The standard InChI is InChI=1S/C21H22N2O4S/c24-20(22-11-13-26-14-12-22)15-27-21(25)9-10-23-16-5-1-3-7-18(16)28-19-8-4-2-6-17(19)23/h1-8H,9-15H2. The molecule has 0 N–H and O–H groups in total. The number of rotatable bonds is 5. The summed E-state index contributed by atoms with van der Waals surface area (Å²) in [6, 6.07) is 16.3. The van der Waals surface area contributed by atoms with Gasteiger partial charge in [0.25, 0.3) is 5.91 Å². The van der Waals surface area contributed by atoms with Gasteiger partial charge in [-0.3, -0.25) is 9.59 Å². The first-order valence-corrected chi connectivity index (χ1v) is 10.2. The van der Waals surface area contributed by atoms with Crippen LogP contribution in [0, 0.1) is 0 Å². The Labute approximate surface area is 168 Å². The van der Waals surface area contributed by atoms with E-state index >= 15 is 0 Å². The molecular weight excluding hydrogens is 376 g/mol. The van der Waals surface area contributed by atoms with E-state index < -0.39 is 0 Å². The molecule has 2 aromatic carbocycles. The first-order valence-electron chi connectivity index (χ1n) is 9.37. The molecule has 0 aliphatic carbocycles. The van der Waals surface area contributed by atoms with Crippen molar-refractivity contribution in [1.29, 1.82) is 0 Å². The second kappa shape index (κ2) is 8.67. The number of anilines is 2. The minimum atomic E-state index is -0.366. The van der Waals surface area contributed by atoms with E-state index in [4.69, 9.17) is 9.47 Å². The van der Waals surface area contributed by atoms with E-state index in [1.54, 1.807) is 16.7 Å². The third-order valence-corrected chi connectivity index (χ3v) is 5.92. The lowest BCUT2D eigenvalue weighted by molar-refractivity contribution is -0.153. The molecule has 28 heavy (non-hydrogen) atoms. The Hall–Kier alpha value is -2.51. The van der Waals surface area contributed by atoms with E-state index in [9.17, 15) is 9.59 Å². The van der Waals surface area contributed by atoms with E-state index in [0.29, 0.717) is 32.8 Å². The number of fused-ring (bicyclic) bond motifs is 2. The predicted octanol–water partition coefficient (Wildman–Crippen LogP) is 3.08. The Morgan fingerprint density at radius 3 is 2.21 bits per heavy atom. The van der Waals surface area contributed by atoms with Crippen LogP contribution in [0.5, 0.6) is 0 Å². The summed E-state index contributed by atoms with van der Waals surface area (Å²) in [5, 5.41) is 0. The molecule has 2 aromatic rings. The fourth-order valence-electron chi connectivity index (χ4n) is 3.34. The lowest BCUT2D eigenvalue weighted by Gasteiger charge is -2.32. The molecule has 1 amide bonds. The number of nitrogens with zero attached hydrogens (tertiary/aromatic N) is 2. The maximum Gasteiger partial charge on any atom is 0.308 e. The number of hydrogen-bond donors (Lipinski definition) is 0. The number of morpholine rings is 1. The second-order valence-corrected chi connectivity index (χ2v) is 7.68. The number of ether oxygens (including phenoxy) is 2. The van der Waals surface area contributed by atoms with Gasteiger partial charge in [-0.1, -0.05) is 36.0 Å². The SMILES string of the molecule is O=C(CCN1c2ccccc2Sc2ccccc21)OCC(=O)N1CCOCC1. The fourth-order valence-corrected chi connectivity index (χ4v) is 4.44. The average Bonchev–Trinajstić information content (AvgIpc) is 2.75. The van der Waals surface area contributed by atoms with Crippen molar-refractivity contribution in [3.63, 3.8) is 0 Å². The largest absolute Gasteiger partial charge is 0.456 e. The van der Waals surface area contributed by atoms with Crippen molar-refractivity contribution in [1.82, 2.24) is 4.90 Å². The van der Waals surface area contributed by atoms with Gasteiger partial charge in [0.15, 0.2) is 6.61 Å². The van der Waals surface area contributed by atoms with Crippen molar-refractivity contribution >= 4 is 35.0 Å². The van der Waals surface area contributed by atoms with Gasteiger partial charge in [0.05, 0.1) is 31.0 Å². The average molecular weight is 398 g/mol. The Morgan fingerprint density at radius 2 is 1.57 bits per heavy atom. The summed E-state index contributed by atoms with van der Waals surface area (Å²) >= 11 is 1.73. The molecule has 0 radical (unpaired) electrons. The van der Waals surface area contributed by atoms with Crippen LogP contribution in [0.1, 0.15) is 6.42 Å². The van der Waals surface area contributed by atoms with Gasteiger partial charge in [0.1, 0.15) is 0 Å². The zero-order chi connectivity index (χ0) is 19.3. The van der Waals surface area contributed by atoms with Gasteiger partial charge in [0.2, 0.25) is 0 Å². The molecule has 2 aliphatic heterocycles. The van der Waals surface area contributed by atoms with E-state index in [-0.39, 0.29) is 24.9 Å². The maximum atomic E-state index is 12.2. The van der Waals surface area contributed by atoms with E-state index in [2.05, 4.69) is 29.2 Å². The van der Waals surface area contributed by atoms with E-state index in [1.807, 2.05) is 24.3 Å². The van der Waals surface area contributed by atoms with Gasteiger partial charge in [-0.15, -0.1) is 0 Å².